The Bertz CT molecular complexity index is 478. The van der Waals surface area contributed by atoms with Crippen molar-refractivity contribution in [3.63, 3.8) is 0 Å². The molecule has 0 aromatic carbocycles. The molecule has 10 aliphatic rings. The Morgan fingerprint density at radius 1 is 0.684 bits per heavy atom. The van der Waals surface area contributed by atoms with Gasteiger partial charge in [-0.3, -0.25) is 0 Å². The van der Waals surface area contributed by atoms with Crippen LogP contribution < -0.4 is 0 Å². The largest absolute Gasteiger partial charge is 0.172 e. The fourth-order valence-corrected chi connectivity index (χ4v) is 11.1. The second-order valence-electron chi connectivity index (χ2n) is 9.85. The molecule has 10 saturated carbocycles. The smallest absolute Gasteiger partial charge is 0.0141 e. The predicted octanol–water partition coefficient (Wildman–Crippen LogP) is 4.01. The van der Waals surface area contributed by atoms with Gasteiger partial charge in [0.2, 0.25) is 0 Å². The first-order valence-electron chi connectivity index (χ1n) is 8.91. The number of hydrogen-bond acceptors (Lipinski definition) is 1. The summed E-state index contributed by atoms with van der Waals surface area (Å²) in [6.07, 6.45) is 11.1. The molecule has 0 heterocycles. The van der Waals surface area contributed by atoms with Crippen molar-refractivity contribution in [2.45, 2.75) is 49.7 Å². The van der Waals surface area contributed by atoms with Gasteiger partial charge in [-0.05, 0) is 104 Å². The van der Waals surface area contributed by atoms with Gasteiger partial charge in [0, 0.05) is 4.75 Å². The Kier molecular flexibility index (Phi) is 1.37. The van der Waals surface area contributed by atoms with Gasteiger partial charge in [-0.25, -0.2) is 0 Å². The van der Waals surface area contributed by atoms with Gasteiger partial charge < -0.3 is 0 Å². The van der Waals surface area contributed by atoms with E-state index in [0.29, 0.717) is 4.75 Å². The van der Waals surface area contributed by atoms with Crippen LogP contribution in [0.2, 0.25) is 0 Å². The lowest BCUT2D eigenvalue weighted by molar-refractivity contribution is -0.342. The average molecular weight is 272 g/mol. The van der Waals surface area contributed by atoms with Crippen LogP contribution >= 0.6 is 12.6 Å². The van der Waals surface area contributed by atoms with Crippen LogP contribution in [0, 0.1) is 58.7 Å². The van der Waals surface area contributed by atoms with Crippen LogP contribution in [0.25, 0.3) is 0 Å². The van der Waals surface area contributed by atoms with Crippen molar-refractivity contribution in [2.24, 2.45) is 58.7 Å². The Morgan fingerprint density at radius 2 is 1.32 bits per heavy atom. The molecule has 0 aromatic heterocycles. The summed E-state index contributed by atoms with van der Waals surface area (Å²) in [5.41, 5.74) is 0.831. The first-order valence-corrected chi connectivity index (χ1v) is 9.36. The Labute approximate surface area is 121 Å². The SMILES string of the molecule is SC12CC3C4CC5C6CC7CC5C(C4C1)C(C7)(C2)C63. The molecule has 1 heteroatoms. The molecule has 6 unspecified atom stereocenters. The Hall–Kier alpha value is 0.350. The minimum atomic E-state index is 0.483. The lowest BCUT2D eigenvalue weighted by atomic mass is 9.22. The fourth-order valence-electron chi connectivity index (χ4n) is 10.3. The topological polar surface area (TPSA) is 0 Å². The summed E-state index contributed by atoms with van der Waals surface area (Å²) >= 11 is 5.26. The molecule has 10 rings (SSSR count). The molecule has 0 aliphatic heterocycles. The molecular formula is C18H24S. The minimum Gasteiger partial charge on any atom is -0.172 e. The van der Waals surface area contributed by atoms with Gasteiger partial charge in [0.25, 0.3) is 0 Å². The molecule has 1 spiro atoms. The molecule has 0 aromatic rings. The fraction of sp³-hybridized carbons (Fsp3) is 1.00. The summed E-state index contributed by atoms with van der Waals surface area (Å²) in [5.74, 6) is 10.5. The molecule has 10 fully saturated rings. The minimum absolute atomic E-state index is 0.483. The number of rotatable bonds is 0. The molecule has 10 aliphatic carbocycles. The van der Waals surface area contributed by atoms with E-state index in [0.717, 1.165) is 29.1 Å². The molecule has 0 N–H and O–H groups in total. The van der Waals surface area contributed by atoms with E-state index in [1.165, 1.54) is 48.9 Å². The van der Waals surface area contributed by atoms with Crippen LogP contribution in [0.15, 0.2) is 0 Å². The third kappa shape index (κ3) is 0.820. The van der Waals surface area contributed by atoms with Gasteiger partial charge in [0.15, 0.2) is 0 Å². The summed E-state index contributed by atoms with van der Waals surface area (Å²) in [4.78, 5) is 0. The molecule has 0 nitrogen and oxygen atoms in total. The molecule has 11 bridgehead atoms. The molecule has 19 heavy (non-hydrogen) atoms. The zero-order valence-corrected chi connectivity index (χ0v) is 12.5. The molecule has 102 valence electrons. The standard InChI is InChI=1S/C18H24S/c19-17-5-13-10-3-9-11-1-8-2-12(9)16(14(10)6-17)18(4-8,7-17)15(11)13/h8-16,19H,1-7H2. The lowest BCUT2D eigenvalue weighted by Gasteiger charge is -2.84. The first kappa shape index (κ1) is 10.1. The maximum Gasteiger partial charge on any atom is 0.0141 e. The number of hydrogen-bond donors (Lipinski definition) is 1. The maximum absolute atomic E-state index is 5.26. The van der Waals surface area contributed by atoms with Crippen molar-refractivity contribution < 1.29 is 0 Å². The summed E-state index contributed by atoms with van der Waals surface area (Å²) in [7, 11) is 0. The van der Waals surface area contributed by atoms with E-state index in [9.17, 15) is 0 Å². The van der Waals surface area contributed by atoms with Crippen LogP contribution in [0.5, 0.6) is 0 Å². The molecule has 0 saturated heterocycles. The maximum atomic E-state index is 5.26. The van der Waals surface area contributed by atoms with E-state index in [2.05, 4.69) is 0 Å². The highest BCUT2D eigenvalue weighted by atomic mass is 32.1. The van der Waals surface area contributed by atoms with E-state index in [1.807, 2.05) is 0 Å². The van der Waals surface area contributed by atoms with Crippen molar-refractivity contribution in [2.75, 3.05) is 0 Å². The van der Waals surface area contributed by atoms with E-state index < -0.39 is 0 Å². The zero-order valence-electron chi connectivity index (χ0n) is 11.6. The van der Waals surface area contributed by atoms with Crippen molar-refractivity contribution in [3.8, 4) is 0 Å². The predicted molar refractivity (Wildman–Crippen MR) is 77.9 cm³/mol. The van der Waals surface area contributed by atoms with Gasteiger partial charge in [-0.15, -0.1) is 0 Å². The van der Waals surface area contributed by atoms with E-state index in [1.54, 1.807) is 25.7 Å². The molecular weight excluding hydrogens is 248 g/mol. The van der Waals surface area contributed by atoms with E-state index in [-0.39, 0.29) is 0 Å². The van der Waals surface area contributed by atoms with Crippen molar-refractivity contribution in [1.29, 1.82) is 0 Å². The average Bonchev–Trinajstić information content (AvgIpc) is 2.34. The van der Waals surface area contributed by atoms with Gasteiger partial charge in [0.1, 0.15) is 0 Å². The van der Waals surface area contributed by atoms with Gasteiger partial charge in [0.05, 0.1) is 0 Å². The summed E-state index contributed by atoms with van der Waals surface area (Å²) in [6.45, 7) is 0. The first-order chi connectivity index (χ1) is 9.19. The third-order valence-corrected chi connectivity index (χ3v) is 10.2. The van der Waals surface area contributed by atoms with Gasteiger partial charge in [-0.1, -0.05) is 0 Å². The van der Waals surface area contributed by atoms with Crippen molar-refractivity contribution >= 4 is 12.6 Å². The highest BCUT2D eigenvalue weighted by Gasteiger charge is 2.79. The number of thiol groups is 1. The monoisotopic (exact) mass is 272 g/mol. The summed E-state index contributed by atoms with van der Waals surface area (Å²) in [5, 5.41) is 0. The molecule has 0 radical (unpaired) electrons. The van der Waals surface area contributed by atoms with Crippen LogP contribution in [0.1, 0.15) is 44.9 Å². The van der Waals surface area contributed by atoms with Crippen LogP contribution in [-0.4, -0.2) is 4.75 Å². The van der Waals surface area contributed by atoms with Crippen molar-refractivity contribution in [1.82, 2.24) is 0 Å². The second-order valence-corrected chi connectivity index (χ2v) is 10.8. The van der Waals surface area contributed by atoms with E-state index in [4.69, 9.17) is 12.6 Å². The normalized spacial score (nSPS) is 80.4. The molecule has 6 atom stereocenters. The molecule has 0 amide bonds. The zero-order chi connectivity index (χ0) is 12.1. The third-order valence-electron chi connectivity index (χ3n) is 9.69. The lowest BCUT2D eigenvalue weighted by Crippen LogP contribution is -2.79. The highest BCUT2D eigenvalue weighted by molar-refractivity contribution is 7.81. The van der Waals surface area contributed by atoms with Gasteiger partial charge >= 0.3 is 0 Å². The summed E-state index contributed by atoms with van der Waals surface area (Å²) in [6, 6.07) is 0. The second kappa shape index (κ2) is 2.57. The Balaban J connectivity index is 1.55. The van der Waals surface area contributed by atoms with Crippen LogP contribution in [0.4, 0.5) is 0 Å². The quantitative estimate of drug-likeness (QED) is 0.633. The summed E-state index contributed by atoms with van der Waals surface area (Å²) < 4.78 is 0.483. The Morgan fingerprint density at radius 3 is 2.00 bits per heavy atom. The highest BCUT2D eigenvalue weighted by Crippen LogP contribution is 2.85. The van der Waals surface area contributed by atoms with E-state index >= 15 is 0 Å². The van der Waals surface area contributed by atoms with Crippen LogP contribution in [-0.2, 0) is 0 Å². The van der Waals surface area contributed by atoms with Gasteiger partial charge in [-0.2, -0.15) is 12.6 Å². The van der Waals surface area contributed by atoms with Crippen molar-refractivity contribution in [3.05, 3.63) is 0 Å². The van der Waals surface area contributed by atoms with Crippen LogP contribution in [0.3, 0.4) is 0 Å².